The smallest absolute Gasteiger partial charge is 0.161 e. The van der Waals surface area contributed by atoms with Gasteiger partial charge in [0.05, 0.1) is 26.4 Å². The number of aromatic nitrogens is 2. The summed E-state index contributed by atoms with van der Waals surface area (Å²) in [6.45, 7) is 2.43. The van der Waals surface area contributed by atoms with E-state index in [0.717, 1.165) is 56.3 Å². The number of nitrogens with zero attached hydrogens (tertiary/aromatic N) is 3. The molecule has 0 unspecified atom stereocenters. The molecule has 2 aliphatic rings. The maximum Gasteiger partial charge on any atom is 0.161 e. The molecule has 0 saturated carbocycles. The normalized spacial score (nSPS) is 18.5. The molecule has 1 saturated heterocycles. The van der Waals surface area contributed by atoms with Crippen LogP contribution in [0.5, 0.6) is 11.5 Å². The summed E-state index contributed by atoms with van der Waals surface area (Å²) in [5.74, 6) is 2.89. The minimum atomic E-state index is -0.276. The molecule has 0 aliphatic carbocycles. The van der Waals surface area contributed by atoms with Crippen LogP contribution in [0.2, 0.25) is 0 Å². The summed E-state index contributed by atoms with van der Waals surface area (Å²) < 4.78 is 17.3. The summed E-state index contributed by atoms with van der Waals surface area (Å²) in [6, 6.07) is 6.00. The molecule has 0 bridgehead atoms. The van der Waals surface area contributed by atoms with Crippen molar-refractivity contribution in [3.8, 4) is 11.5 Å². The maximum absolute atomic E-state index is 6.33. The van der Waals surface area contributed by atoms with Gasteiger partial charge in [-0.2, -0.15) is 0 Å². The van der Waals surface area contributed by atoms with E-state index in [-0.39, 0.29) is 5.60 Å². The number of nitrogens with two attached hydrogens (primary N) is 1. The first-order chi connectivity index (χ1) is 12.6. The lowest BCUT2D eigenvalue weighted by atomic mass is 9.79. The fraction of sp³-hybridized carbons (Fsp3) is 0.474. The first kappa shape index (κ1) is 16.9. The SMILES string of the molecule is COc1cc2c(cc1OC)C1(CCN(c3cc(N)ncn3)CC1)OCC2. The number of benzene rings is 1. The highest BCUT2D eigenvalue weighted by Gasteiger charge is 2.41. The fourth-order valence-electron chi connectivity index (χ4n) is 4.03. The van der Waals surface area contributed by atoms with Crippen LogP contribution in [0.3, 0.4) is 0 Å². The zero-order valence-electron chi connectivity index (χ0n) is 15.2. The largest absolute Gasteiger partial charge is 0.493 e. The van der Waals surface area contributed by atoms with Crippen molar-refractivity contribution < 1.29 is 14.2 Å². The predicted molar refractivity (Wildman–Crippen MR) is 98.8 cm³/mol. The molecule has 1 aromatic carbocycles. The molecule has 0 radical (unpaired) electrons. The van der Waals surface area contributed by atoms with Gasteiger partial charge < -0.3 is 24.8 Å². The number of ether oxygens (including phenoxy) is 3. The highest BCUT2D eigenvalue weighted by atomic mass is 16.5. The molecule has 7 heteroatoms. The Labute approximate surface area is 153 Å². The standard InChI is InChI=1S/C19H24N4O3/c1-24-15-9-13-3-8-26-19(14(13)10-16(15)25-2)4-6-23(7-5-19)18-11-17(20)21-12-22-18/h9-12H,3-8H2,1-2H3,(H2,20,21,22). The highest BCUT2D eigenvalue weighted by molar-refractivity contribution is 5.51. The van der Waals surface area contributed by atoms with E-state index in [1.54, 1.807) is 14.2 Å². The fourth-order valence-corrected chi connectivity index (χ4v) is 4.03. The van der Waals surface area contributed by atoms with Gasteiger partial charge in [0.15, 0.2) is 11.5 Å². The summed E-state index contributed by atoms with van der Waals surface area (Å²) >= 11 is 0. The molecule has 3 heterocycles. The molecule has 1 aromatic heterocycles. The van der Waals surface area contributed by atoms with E-state index in [9.17, 15) is 0 Å². The third kappa shape index (κ3) is 2.82. The van der Waals surface area contributed by atoms with Crippen molar-refractivity contribution in [2.45, 2.75) is 24.9 Å². The van der Waals surface area contributed by atoms with Gasteiger partial charge in [-0.05, 0) is 42.5 Å². The Morgan fingerprint density at radius 2 is 1.81 bits per heavy atom. The van der Waals surface area contributed by atoms with Crippen molar-refractivity contribution in [3.63, 3.8) is 0 Å². The van der Waals surface area contributed by atoms with Gasteiger partial charge in [0.2, 0.25) is 0 Å². The molecule has 4 rings (SSSR count). The van der Waals surface area contributed by atoms with Crippen molar-refractivity contribution in [1.29, 1.82) is 0 Å². The van der Waals surface area contributed by atoms with Crippen LogP contribution in [0.4, 0.5) is 11.6 Å². The molecule has 26 heavy (non-hydrogen) atoms. The quantitative estimate of drug-likeness (QED) is 0.902. The van der Waals surface area contributed by atoms with Crippen LogP contribution in [0.15, 0.2) is 24.5 Å². The van der Waals surface area contributed by atoms with Crippen LogP contribution in [0, 0.1) is 0 Å². The van der Waals surface area contributed by atoms with E-state index in [2.05, 4.69) is 27.0 Å². The van der Waals surface area contributed by atoms with Gasteiger partial charge in [-0.15, -0.1) is 0 Å². The second kappa shape index (κ2) is 6.64. The van der Waals surface area contributed by atoms with Gasteiger partial charge in [-0.1, -0.05) is 0 Å². The van der Waals surface area contributed by atoms with E-state index in [4.69, 9.17) is 19.9 Å². The lowest BCUT2D eigenvalue weighted by Gasteiger charge is -2.45. The molecule has 138 valence electrons. The lowest BCUT2D eigenvalue weighted by Crippen LogP contribution is -2.47. The summed E-state index contributed by atoms with van der Waals surface area (Å²) in [5, 5.41) is 0. The van der Waals surface area contributed by atoms with Crippen molar-refractivity contribution in [2.24, 2.45) is 0 Å². The molecule has 0 atom stereocenters. The lowest BCUT2D eigenvalue weighted by molar-refractivity contribution is -0.0768. The molecule has 1 fully saturated rings. The van der Waals surface area contributed by atoms with Gasteiger partial charge in [0.25, 0.3) is 0 Å². The Balaban J connectivity index is 1.62. The van der Waals surface area contributed by atoms with Crippen LogP contribution in [0.1, 0.15) is 24.0 Å². The second-order valence-corrected chi connectivity index (χ2v) is 6.75. The third-order valence-electron chi connectivity index (χ3n) is 5.42. The van der Waals surface area contributed by atoms with Crippen LogP contribution >= 0.6 is 0 Å². The van der Waals surface area contributed by atoms with Gasteiger partial charge >= 0.3 is 0 Å². The second-order valence-electron chi connectivity index (χ2n) is 6.75. The zero-order valence-corrected chi connectivity index (χ0v) is 15.2. The van der Waals surface area contributed by atoms with E-state index in [0.29, 0.717) is 5.82 Å². The summed E-state index contributed by atoms with van der Waals surface area (Å²) in [5.41, 5.74) is 8.03. The first-order valence-corrected chi connectivity index (χ1v) is 8.87. The Morgan fingerprint density at radius 1 is 1.08 bits per heavy atom. The average Bonchev–Trinajstić information content (AvgIpc) is 2.68. The number of hydrogen-bond acceptors (Lipinski definition) is 7. The molecular formula is C19H24N4O3. The highest BCUT2D eigenvalue weighted by Crippen LogP contribution is 2.45. The zero-order chi connectivity index (χ0) is 18.1. The Hall–Kier alpha value is -2.54. The topological polar surface area (TPSA) is 82.7 Å². The van der Waals surface area contributed by atoms with Crippen molar-refractivity contribution >= 4 is 11.6 Å². The Kier molecular flexibility index (Phi) is 4.32. The number of fused-ring (bicyclic) bond motifs is 2. The minimum absolute atomic E-state index is 0.276. The number of rotatable bonds is 3. The number of hydrogen-bond donors (Lipinski definition) is 1. The van der Waals surface area contributed by atoms with Crippen molar-refractivity contribution in [1.82, 2.24) is 9.97 Å². The predicted octanol–water partition coefficient (Wildman–Crippen LogP) is 2.14. The first-order valence-electron chi connectivity index (χ1n) is 8.87. The molecular weight excluding hydrogens is 332 g/mol. The number of piperidine rings is 1. The molecule has 2 N–H and O–H groups in total. The Morgan fingerprint density at radius 3 is 2.50 bits per heavy atom. The maximum atomic E-state index is 6.33. The van der Waals surface area contributed by atoms with Gasteiger partial charge in [-0.25, -0.2) is 9.97 Å². The van der Waals surface area contributed by atoms with E-state index in [1.807, 2.05) is 6.07 Å². The van der Waals surface area contributed by atoms with E-state index >= 15 is 0 Å². The number of nitrogen functional groups attached to an aromatic ring is 1. The Bertz CT molecular complexity index is 803. The number of methoxy groups -OCH3 is 2. The molecule has 7 nitrogen and oxygen atoms in total. The third-order valence-corrected chi connectivity index (χ3v) is 5.42. The molecule has 2 aliphatic heterocycles. The molecule has 0 amide bonds. The molecule has 2 aromatic rings. The average molecular weight is 356 g/mol. The van der Waals surface area contributed by atoms with Crippen molar-refractivity contribution in [3.05, 3.63) is 35.7 Å². The van der Waals surface area contributed by atoms with Gasteiger partial charge in [0, 0.05) is 19.2 Å². The summed E-state index contributed by atoms with van der Waals surface area (Å²) in [7, 11) is 3.34. The van der Waals surface area contributed by atoms with Gasteiger partial charge in [0.1, 0.15) is 18.0 Å². The van der Waals surface area contributed by atoms with E-state index < -0.39 is 0 Å². The van der Waals surface area contributed by atoms with Crippen LogP contribution < -0.4 is 20.1 Å². The van der Waals surface area contributed by atoms with E-state index in [1.165, 1.54) is 17.5 Å². The summed E-state index contributed by atoms with van der Waals surface area (Å²) in [6.07, 6.45) is 4.18. The van der Waals surface area contributed by atoms with Crippen molar-refractivity contribution in [2.75, 3.05) is 44.5 Å². The monoisotopic (exact) mass is 356 g/mol. The van der Waals surface area contributed by atoms with Gasteiger partial charge in [-0.3, -0.25) is 0 Å². The van der Waals surface area contributed by atoms with Crippen LogP contribution in [-0.4, -0.2) is 43.9 Å². The van der Waals surface area contributed by atoms with Crippen LogP contribution in [0.25, 0.3) is 0 Å². The molecule has 1 spiro atoms. The minimum Gasteiger partial charge on any atom is -0.493 e. The number of anilines is 2. The van der Waals surface area contributed by atoms with Crippen LogP contribution in [-0.2, 0) is 16.8 Å². The summed E-state index contributed by atoms with van der Waals surface area (Å²) in [4.78, 5) is 10.6.